The van der Waals surface area contributed by atoms with Gasteiger partial charge in [-0.15, -0.1) is 10.2 Å². The first-order valence-electron chi connectivity index (χ1n) is 6.71. The standard InChI is InChI=1S/C14H17N3OS/c1-9(2)8-13-15-16-14(19-13)17-7-6-10-11(17)4-3-5-12(10)18/h6-7,9H,3-5,8H2,1-2H3. The molecule has 2 aromatic rings. The SMILES string of the molecule is CC(C)Cc1nnc(-n2ccc3c2CCCC3=O)s1. The predicted octanol–water partition coefficient (Wildman–Crippen LogP) is 3.05. The fourth-order valence-electron chi connectivity index (χ4n) is 2.48. The normalized spacial score (nSPS) is 15.0. The molecule has 0 radical (unpaired) electrons. The first-order chi connectivity index (χ1) is 9.15. The quantitative estimate of drug-likeness (QED) is 0.865. The molecule has 0 aliphatic heterocycles. The predicted molar refractivity (Wildman–Crippen MR) is 75.0 cm³/mol. The second kappa shape index (κ2) is 4.89. The molecule has 2 heterocycles. The van der Waals surface area contributed by atoms with Crippen LogP contribution < -0.4 is 0 Å². The zero-order valence-corrected chi connectivity index (χ0v) is 12.0. The largest absolute Gasteiger partial charge is 0.295 e. The maximum Gasteiger partial charge on any atom is 0.216 e. The van der Waals surface area contributed by atoms with Gasteiger partial charge in [0, 0.05) is 30.3 Å². The van der Waals surface area contributed by atoms with Gasteiger partial charge in [0.2, 0.25) is 5.13 Å². The Morgan fingerprint density at radius 3 is 3.00 bits per heavy atom. The molecule has 1 aliphatic rings. The van der Waals surface area contributed by atoms with Gasteiger partial charge in [-0.1, -0.05) is 25.2 Å². The number of hydrogen-bond donors (Lipinski definition) is 0. The summed E-state index contributed by atoms with van der Waals surface area (Å²) >= 11 is 1.62. The number of hydrogen-bond acceptors (Lipinski definition) is 4. The van der Waals surface area contributed by atoms with Crippen LogP contribution in [0.4, 0.5) is 0 Å². The monoisotopic (exact) mass is 275 g/mol. The van der Waals surface area contributed by atoms with Crippen LogP contribution in [-0.4, -0.2) is 20.5 Å². The van der Waals surface area contributed by atoms with Gasteiger partial charge in [0.05, 0.1) is 0 Å². The minimum absolute atomic E-state index is 0.256. The van der Waals surface area contributed by atoms with Crippen molar-refractivity contribution in [2.24, 2.45) is 5.92 Å². The van der Waals surface area contributed by atoms with Crippen molar-refractivity contribution in [2.45, 2.75) is 39.5 Å². The lowest BCUT2D eigenvalue weighted by atomic mass is 9.97. The highest BCUT2D eigenvalue weighted by Gasteiger charge is 2.22. The summed E-state index contributed by atoms with van der Waals surface area (Å²) in [7, 11) is 0. The third-order valence-corrected chi connectivity index (χ3v) is 4.30. The van der Waals surface area contributed by atoms with E-state index in [9.17, 15) is 4.79 Å². The van der Waals surface area contributed by atoms with E-state index in [0.29, 0.717) is 12.3 Å². The van der Waals surface area contributed by atoms with Gasteiger partial charge in [-0.3, -0.25) is 9.36 Å². The van der Waals surface area contributed by atoms with Crippen molar-refractivity contribution < 1.29 is 4.79 Å². The number of ketones is 1. The van der Waals surface area contributed by atoms with Crippen molar-refractivity contribution in [3.63, 3.8) is 0 Å². The molecule has 5 heteroatoms. The summed E-state index contributed by atoms with van der Waals surface area (Å²) in [5, 5.41) is 10.5. The Labute approximate surface area is 116 Å². The molecule has 0 bridgehead atoms. The zero-order chi connectivity index (χ0) is 13.4. The highest BCUT2D eigenvalue weighted by molar-refractivity contribution is 7.13. The third-order valence-electron chi connectivity index (χ3n) is 3.35. The number of Topliss-reactive ketones (excluding diaryl/α,β-unsaturated/α-hetero) is 1. The Morgan fingerprint density at radius 2 is 2.21 bits per heavy atom. The molecule has 0 atom stereocenters. The van der Waals surface area contributed by atoms with Crippen molar-refractivity contribution >= 4 is 17.1 Å². The van der Waals surface area contributed by atoms with Crippen molar-refractivity contribution in [1.29, 1.82) is 0 Å². The average Bonchev–Trinajstić information content (AvgIpc) is 2.95. The van der Waals surface area contributed by atoms with Crippen LogP contribution in [0.3, 0.4) is 0 Å². The Morgan fingerprint density at radius 1 is 1.37 bits per heavy atom. The van der Waals surface area contributed by atoms with Gasteiger partial charge < -0.3 is 0 Å². The molecule has 0 spiro atoms. The summed E-state index contributed by atoms with van der Waals surface area (Å²) in [5.41, 5.74) is 1.97. The molecular weight excluding hydrogens is 258 g/mol. The molecule has 0 fully saturated rings. The highest BCUT2D eigenvalue weighted by atomic mass is 32.1. The maximum atomic E-state index is 11.8. The van der Waals surface area contributed by atoms with Crippen molar-refractivity contribution in [3.8, 4) is 5.13 Å². The molecule has 4 nitrogen and oxygen atoms in total. The van der Waals surface area contributed by atoms with E-state index < -0.39 is 0 Å². The number of carbonyl (C=O) groups is 1. The Bertz CT molecular complexity index is 612. The molecule has 0 N–H and O–H groups in total. The summed E-state index contributed by atoms with van der Waals surface area (Å²) in [6, 6.07) is 1.92. The molecule has 3 rings (SSSR count). The van der Waals surface area contributed by atoms with E-state index in [4.69, 9.17) is 0 Å². The molecule has 2 aromatic heterocycles. The van der Waals surface area contributed by atoms with E-state index in [-0.39, 0.29) is 5.78 Å². The highest BCUT2D eigenvalue weighted by Crippen LogP contribution is 2.27. The smallest absolute Gasteiger partial charge is 0.216 e. The molecule has 0 unspecified atom stereocenters. The van der Waals surface area contributed by atoms with E-state index in [1.807, 2.05) is 16.8 Å². The van der Waals surface area contributed by atoms with Crippen LogP contribution >= 0.6 is 11.3 Å². The van der Waals surface area contributed by atoms with Gasteiger partial charge in [-0.25, -0.2) is 0 Å². The Balaban J connectivity index is 1.94. The van der Waals surface area contributed by atoms with Gasteiger partial charge in [0.1, 0.15) is 5.01 Å². The van der Waals surface area contributed by atoms with E-state index in [1.54, 1.807) is 11.3 Å². The third kappa shape index (κ3) is 2.34. The number of nitrogens with zero attached hydrogens (tertiary/aromatic N) is 3. The minimum atomic E-state index is 0.256. The Kier molecular flexibility index (Phi) is 3.22. The van der Waals surface area contributed by atoms with Gasteiger partial charge in [0.15, 0.2) is 5.78 Å². The molecule has 19 heavy (non-hydrogen) atoms. The van der Waals surface area contributed by atoms with Gasteiger partial charge in [0.25, 0.3) is 0 Å². The van der Waals surface area contributed by atoms with Crippen molar-refractivity contribution in [1.82, 2.24) is 14.8 Å². The number of carbonyl (C=O) groups excluding carboxylic acids is 1. The topological polar surface area (TPSA) is 47.8 Å². The van der Waals surface area contributed by atoms with Crippen LogP contribution in [0.2, 0.25) is 0 Å². The lowest BCUT2D eigenvalue weighted by Gasteiger charge is -2.12. The Hall–Kier alpha value is -1.49. The minimum Gasteiger partial charge on any atom is -0.295 e. The fraction of sp³-hybridized carbons (Fsp3) is 0.500. The zero-order valence-electron chi connectivity index (χ0n) is 11.2. The first kappa shape index (κ1) is 12.5. The molecule has 0 amide bonds. The van der Waals surface area contributed by atoms with Gasteiger partial charge in [-0.2, -0.15) is 0 Å². The molecule has 0 saturated heterocycles. The van der Waals surface area contributed by atoms with Crippen LogP contribution in [-0.2, 0) is 12.8 Å². The van der Waals surface area contributed by atoms with Crippen LogP contribution in [0.5, 0.6) is 0 Å². The average molecular weight is 275 g/mol. The van der Waals surface area contributed by atoms with Crippen LogP contribution in [0.15, 0.2) is 12.3 Å². The maximum absolute atomic E-state index is 11.8. The van der Waals surface area contributed by atoms with E-state index in [2.05, 4.69) is 24.0 Å². The van der Waals surface area contributed by atoms with Gasteiger partial charge in [-0.05, 0) is 24.8 Å². The second-order valence-electron chi connectivity index (χ2n) is 5.40. The fourth-order valence-corrected chi connectivity index (χ4v) is 3.54. The lowest BCUT2D eigenvalue weighted by molar-refractivity contribution is 0.0972. The molecule has 0 saturated carbocycles. The van der Waals surface area contributed by atoms with Gasteiger partial charge >= 0.3 is 0 Å². The number of rotatable bonds is 3. The number of aromatic nitrogens is 3. The summed E-state index contributed by atoms with van der Waals surface area (Å²) in [4.78, 5) is 11.8. The van der Waals surface area contributed by atoms with Crippen LogP contribution in [0.25, 0.3) is 5.13 Å². The van der Waals surface area contributed by atoms with Crippen LogP contribution in [0.1, 0.15) is 47.7 Å². The molecule has 0 aromatic carbocycles. The van der Waals surface area contributed by atoms with E-state index in [1.165, 1.54) is 0 Å². The summed E-state index contributed by atoms with van der Waals surface area (Å²) in [6.45, 7) is 4.36. The van der Waals surface area contributed by atoms with Crippen molar-refractivity contribution in [2.75, 3.05) is 0 Å². The summed E-state index contributed by atoms with van der Waals surface area (Å²) in [6.07, 6.45) is 5.47. The number of fused-ring (bicyclic) bond motifs is 1. The van der Waals surface area contributed by atoms with Crippen LogP contribution in [0, 0.1) is 5.92 Å². The summed E-state index contributed by atoms with van der Waals surface area (Å²) < 4.78 is 2.04. The molecule has 100 valence electrons. The van der Waals surface area contributed by atoms with Crippen molar-refractivity contribution in [3.05, 3.63) is 28.5 Å². The van der Waals surface area contributed by atoms with E-state index >= 15 is 0 Å². The second-order valence-corrected chi connectivity index (χ2v) is 6.44. The van der Waals surface area contributed by atoms with E-state index in [0.717, 1.165) is 40.7 Å². The summed E-state index contributed by atoms with van der Waals surface area (Å²) in [5.74, 6) is 0.841. The lowest BCUT2D eigenvalue weighted by Crippen LogP contribution is -2.12. The molecule has 1 aliphatic carbocycles. The first-order valence-corrected chi connectivity index (χ1v) is 7.53. The molecular formula is C14H17N3OS.